The lowest BCUT2D eigenvalue weighted by atomic mass is 10.3. The number of nitrogens with one attached hydrogen (secondary N) is 2. The van der Waals surface area contributed by atoms with Crippen LogP contribution in [0.25, 0.3) is 0 Å². The Labute approximate surface area is 119 Å². The Kier molecular flexibility index (Phi) is 4.89. The zero-order valence-electron chi connectivity index (χ0n) is 11.0. The number of aliphatic hydroxyl groups excluding tert-OH is 1. The first-order valence-electron chi connectivity index (χ1n) is 6.24. The molecule has 2 rings (SSSR count). The van der Waals surface area contributed by atoms with Crippen molar-refractivity contribution in [3.63, 3.8) is 0 Å². The quantitative estimate of drug-likeness (QED) is 0.755. The van der Waals surface area contributed by atoms with Crippen LogP contribution in [-0.2, 0) is 0 Å². The second-order valence-electron chi connectivity index (χ2n) is 4.33. The summed E-state index contributed by atoms with van der Waals surface area (Å²) in [5, 5.41) is 12.2. The van der Waals surface area contributed by atoms with Crippen molar-refractivity contribution in [3.8, 4) is 5.75 Å². The summed E-state index contributed by atoms with van der Waals surface area (Å²) in [6.45, 7) is -0.183. The predicted molar refractivity (Wildman–Crippen MR) is 71.0 cm³/mol. The van der Waals surface area contributed by atoms with Crippen LogP contribution in [-0.4, -0.2) is 35.3 Å². The van der Waals surface area contributed by atoms with Gasteiger partial charge in [0.25, 0.3) is 5.91 Å². The number of carbonyl (C=O) groups is 1. The molecule has 5 nitrogen and oxygen atoms in total. The predicted octanol–water partition coefficient (Wildman–Crippen LogP) is 1.46. The van der Waals surface area contributed by atoms with Crippen LogP contribution < -0.4 is 10.1 Å². The molecular weight excluding hydrogens is 282 g/mol. The van der Waals surface area contributed by atoms with Crippen molar-refractivity contribution in [3.05, 3.63) is 53.9 Å². The molecule has 0 aliphatic carbocycles. The van der Waals surface area contributed by atoms with Gasteiger partial charge in [0.05, 0.1) is 0 Å². The molecule has 21 heavy (non-hydrogen) atoms. The fraction of sp³-hybridized carbons (Fsp3) is 0.214. The number of aromatic nitrogens is 1. The maximum absolute atomic E-state index is 12.9. The normalized spacial score (nSPS) is 12.0. The van der Waals surface area contributed by atoms with E-state index in [0.29, 0.717) is 5.69 Å². The highest BCUT2D eigenvalue weighted by atomic mass is 19.2. The van der Waals surface area contributed by atoms with Crippen LogP contribution >= 0.6 is 0 Å². The molecule has 1 heterocycles. The number of halogens is 2. The Balaban J connectivity index is 1.75. The van der Waals surface area contributed by atoms with E-state index in [1.54, 1.807) is 18.3 Å². The lowest BCUT2D eigenvalue weighted by Crippen LogP contribution is -2.35. The summed E-state index contributed by atoms with van der Waals surface area (Å²) in [6.07, 6.45) is 0.634. The van der Waals surface area contributed by atoms with Gasteiger partial charge >= 0.3 is 0 Å². The number of hydrogen-bond donors (Lipinski definition) is 3. The Hall–Kier alpha value is -2.41. The number of hydrogen-bond acceptors (Lipinski definition) is 3. The van der Waals surface area contributed by atoms with Crippen LogP contribution in [0.2, 0.25) is 0 Å². The fourth-order valence-corrected chi connectivity index (χ4v) is 1.60. The molecule has 0 fully saturated rings. The molecule has 0 aliphatic rings. The van der Waals surface area contributed by atoms with Crippen molar-refractivity contribution < 1.29 is 23.4 Å². The van der Waals surface area contributed by atoms with Gasteiger partial charge in [0.15, 0.2) is 11.6 Å². The molecule has 3 N–H and O–H groups in total. The van der Waals surface area contributed by atoms with Gasteiger partial charge in [-0.05, 0) is 24.3 Å². The molecule has 1 aromatic carbocycles. The van der Waals surface area contributed by atoms with Gasteiger partial charge in [-0.25, -0.2) is 8.78 Å². The molecule has 0 aliphatic heterocycles. The van der Waals surface area contributed by atoms with Crippen molar-refractivity contribution >= 4 is 5.91 Å². The zero-order valence-corrected chi connectivity index (χ0v) is 11.0. The van der Waals surface area contributed by atoms with Crippen molar-refractivity contribution in [2.24, 2.45) is 0 Å². The standard InChI is InChI=1S/C14H14F2N2O3/c15-11-4-3-10(6-12(11)16)21-8-9(19)7-18-14(20)13-2-1-5-17-13/h1-6,9,17,19H,7-8H2,(H,18,20). The molecule has 0 bridgehead atoms. The molecule has 0 radical (unpaired) electrons. The third kappa shape index (κ3) is 4.28. The van der Waals surface area contributed by atoms with E-state index >= 15 is 0 Å². The molecule has 0 saturated carbocycles. The van der Waals surface area contributed by atoms with Crippen LogP contribution in [0.1, 0.15) is 10.5 Å². The molecule has 112 valence electrons. The molecule has 0 spiro atoms. The first kappa shape index (κ1) is 15.0. The Bertz CT molecular complexity index is 602. The van der Waals surface area contributed by atoms with E-state index in [0.717, 1.165) is 12.1 Å². The molecule has 0 saturated heterocycles. The van der Waals surface area contributed by atoms with Gasteiger partial charge in [0.1, 0.15) is 24.2 Å². The lowest BCUT2D eigenvalue weighted by molar-refractivity contribution is 0.0839. The fourth-order valence-electron chi connectivity index (χ4n) is 1.60. The number of benzene rings is 1. The smallest absolute Gasteiger partial charge is 0.267 e. The average molecular weight is 296 g/mol. The minimum atomic E-state index is -1.03. The maximum Gasteiger partial charge on any atom is 0.267 e. The number of rotatable bonds is 6. The highest BCUT2D eigenvalue weighted by Crippen LogP contribution is 2.15. The Morgan fingerprint density at radius 1 is 1.33 bits per heavy atom. The summed E-state index contributed by atoms with van der Waals surface area (Å²) >= 11 is 0. The largest absolute Gasteiger partial charge is 0.491 e. The second-order valence-corrected chi connectivity index (χ2v) is 4.33. The van der Waals surface area contributed by atoms with Gasteiger partial charge in [-0.15, -0.1) is 0 Å². The minimum absolute atomic E-state index is 0.0263. The SMILES string of the molecule is O=C(NCC(O)COc1ccc(F)c(F)c1)c1ccc[nH]1. The topological polar surface area (TPSA) is 74.3 Å². The van der Waals surface area contributed by atoms with Crippen molar-refractivity contribution in [1.82, 2.24) is 10.3 Å². The van der Waals surface area contributed by atoms with Gasteiger partial charge in [-0.3, -0.25) is 4.79 Å². The van der Waals surface area contributed by atoms with Crippen LogP contribution in [0, 0.1) is 11.6 Å². The number of aliphatic hydroxyl groups is 1. The second kappa shape index (κ2) is 6.85. The Morgan fingerprint density at radius 3 is 2.81 bits per heavy atom. The van der Waals surface area contributed by atoms with E-state index in [4.69, 9.17) is 4.74 Å². The molecule has 1 atom stereocenters. The van der Waals surface area contributed by atoms with E-state index in [2.05, 4.69) is 10.3 Å². The summed E-state index contributed by atoms with van der Waals surface area (Å²) < 4.78 is 30.8. The first-order valence-corrected chi connectivity index (χ1v) is 6.24. The summed E-state index contributed by atoms with van der Waals surface area (Å²) in [5.41, 5.74) is 0.378. The number of aromatic amines is 1. The van der Waals surface area contributed by atoms with Crippen molar-refractivity contribution in [1.29, 1.82) is 0 Å². The van der Waals surface area contributed by atoms with Crippen molar-refractivity contribution in [2.75, 3.05) is 13.2 Å². The van der Waals surface area contributed by atoms with Crippen LogP contribution in [0.4, 0.5) is 8.78 Å². The highest BCUT2D eigenvalue weighted by molar-refractivity contribution is 5.92. The van der Waals surface area contributed by atoms with Gasteiger partial charge in [0.2, 0.25) is 0 Å². The molecule has 1 unspecified atom stereocenters. The summed E-state index contributed by atoms with van der Waals surface area (Å²) in [5.74, 6) is -2.25. The van der Waals surface area contributed by atoms with E-state index < -0.39 is 17.7 Å². The number of ether oxygens (including phenoxy) is 1. The van der Waals surface area contributed by atoms with Crippen molar-refractivity contribution in [2.45, 2.75) is 6.10 Å². The molecule has 1 amide bonds. The van der Waals surface area contributed by atoms with Crippen LogP contribution in [0.3, 0.4) is 0 Å². The summed E-state index contributed by atoms with van der Waals surface area (Å²) in [7, 11) is 0. The van der Waals surface area contributed by atoms with E-state index in [-0.39, 0.29) is 24.8 Å². The van der Waals surface area contributed by atoms with Gasteiger partial charge < -0.3 is 20.1 Å². The monoisotopic (exact) mass is 296 g/mol. The third-order valence-corrected chi connectivity index (χ3v) is 2.67. The minimum Gasteiger partial charge on any atom is -0.491 e. The van der Waals surface area contributed by atoms with Crippen LogP contribution in [0.15, 0.2) is 36.5 Å². The zero-order chi connectivity index (χ0) is 15.2. The van der Waals surface area contributed by atoms with Gasteiger partial charge in [-0.1, -0.05) is 0 Å². The summed E-state index contributed by atoms with van der Waals surface area (Å²) in [6, 6.07) is 6.35. The number of H-pyrrole nitrogens is 1. The molecule has 7 heteroatoms. The lowest BCUT2D eigenvalue weighted by Gasteiger charge is -2.13. The van der Waals surface area contributed by atoms with Gasteiger partial charge in [-0.2, -0.15) is 0 Å². The molecule has 1 aromatic heterocycles. The van der Waals surface area contributed by atoms with E-state index in [1.165, 1.54) is 6.07 Å². The number of carbonyl (C=O) groups excluding carboxylic acids is 1. The van der Waals surface area contributed by atoms with E-state index in [9.17, 15) is 18.7 Å². The third-order valence-electron chi connectivity index (χ3n) is 2.67. The first-order chi connectivity index (χ1) is 10.1. The summed E-state index contributed by atoms with van der Waals surface area (Å²) in [4.78, 5) is 14.3. The molecule has 2 aromatic rings. The van der Waals surface area contributed by atoms with Gasteiger partial charge in [0, 0.05) is 18.8 Å². The van der Waals surface area contributed by atoms with Crippen LogP contribution in [0.5, 0.6) is 5.75 Å². The number of amides is 1. The molecular formula is C14H14F2N2O3. The Morgan fingerprint density at radius 2 is 2.14 bits per heavy atom. The highest BCUT2D eigenvalue weighted by Gasteiger charge is 2.11. The average Bonchev–Trinajstić information content (AvgIpc) is 3.00. The maximum atomic E-state index is 12.9. The van der Waals surface area contributed by atoms with E-state index in [1.807, 2.05) is 0 Å².